The molecule has 0 spiro atoms. The first kappa shape index (κ1) is 12.3. The monoisotopic (exact) mass is 262 g/mol. The molecule has 5 nitrogen and oxygen atoms in total. The average Bonchev–Trinajstić information content (AvgIpc) is 3.04. The minimum Gasteiger partial charge on any atom is -0.463 e. The van der Waals surface area contributed by atoms with Crippen LogP contribution in [0.3, 0.4) is 0 Å². The van der Waals surface area contributed by atoms with Crippen molar-refractivity contribution in [2.45, 2.75) is 25.4 Å². The molecule has 1 fully saturated rings. The van der Waals surface area contributed by atoms with Gasteiger partial charge in [-0.1, -0.05) is 6.42 Å². The van der Waals surface area contributed by atoms with Crippen LogP contribution in [0.4, 0.5) is 0 Å². The third-order valence-corrected chi connectivity index (χ3v) is 3.94. The summed E-state index contributed by atoms with van der Waals surface area (Å²) < 4.78 is 5.24. The molecule has 2 heterocycles. The zero-order valence-corrected chi connectivity index (χ0v) is 10.9. The molecule has 0 saturated heterocycles. The number of amides is 1. The predicted octanol–water partition coefficient (Wildman–Crippen LogP) is 1.99. The van der Waals surface area contributed by atoms with Crippen molar-refractivity contribution in [3.63, 3.8) is 0 Å². The quantitative estimate of drug-likeness (QED) is 0.888. The second-order valence-electron chi connectivity index (χ2n) is 5.33. The number of furan rings is 1. The summed E-state index contributed by atoms with van der Waals surface area (Å²) in [5, 5.41) is 9.81. The van der Waals surface area contributed by atoms with Gasteiger partial charge in [0.05, 0.1) is 17.9 Å². The number of nitrogens with one attached hydrogen (secondary N) is 1. The largest absolute Gasteiger partial charge is 0.463 e. The Balaban J connectivity index is 1.70. The number of fused-ring (bicyclic) bond motifs is 1. The maximum absolute atomic E-state index is 12.3. The summed E-state index contributed by atoms with van der Waals surface area (Å²) in [5.41, 5.74) is 2.06. The van der Waals surface area contributed by atoms with Gasteiger partial charge in [0.15, 0.2) is 5.58 Å². The number of aromatic nitrogens is 1. The molecule has 19 heavy (non-hydrogen) atoms. The molecular formula is C14H18N2O3. The highest BCUT2D eigenvalue weighted by atomic mass is 16.3. The van der Waals surface area contributed by atoms with Crippen LogP contribution < -0.4 is 0 Å². The lowest BCUT2D eigenvalue weighted by molar-refractivity contribution is 0.0689. The van der Waals surface area contributed by atoms with Crippen LogP contribution >= 0.6 is 0 Å². The Hall–Kier alpha value is -1.75. The van der Waals surface area contributed by atoms with Gasteiger partial charge in [0, 0.05) is 31.6 Å². The SMILES string of the molecule is CN(CC1CCCC1O)C(=O)c1cc2occc2[nH]1. The van der Waals surface area contributed by atoms with E-state index in [9.17, 15) is 9.90 Å². The smallest absolute Gasteiger partial charge is 0.270 e. The van der Waals surface area contributed by atoms with Crippen LogP contribution in [0.1, 0.15) is 29.8 Å². The molecule has 1 saturated carbocycles. The molecule has 2 aromatic heterocycles. The van der Waals surface area contributed by atoms with Crippen molar-refractivity contribution in [2.24, 2.45) is 5.92 Å². The van der Waals surface area contributed by atoms with E-state index in [2.05, 4.69) is 4.98 Å². The number of rotatable bonds is 3. The fourth-order valence-electron chi connectivity index (χ4n) is 2.83. The van der Waals surface area contributed by atoms with Crippen LogP contribution in [-0.4, -0.2) is 40.6 Å². The van der Waals surface area contributed by atoms with E-state index in [1.54, 1.807) is 30.3 Å². The first-order chi connectivity index (χ1) is 9.15. The highest BCUT2D eigenvalue weighted by molar-refractivity contribution is 5.96. The number of carbonyl (C=O) groups excluding carboxylic acids is 1. The third-order valence-electron chi connectivity index (χ3n) is 3.94. The summed E-state index contributed by atoms with van der Waals surface area (Å²) in [6.07, 6.45) is 4.21. The van der Waals surface area contributed by atoms with Crippen molar-refractivity contribution < 1.29 is 14.3 Å². The molecule has 2 N–H and O–H groups in total. The van der Waals surface area contributed by atoms with Crippen LogP contribution in [0.5, 0.6) is 0 Å². The summed E-state index contributed by atoms with van der Waals surface area (Å²) in [6.45, 7) is 0.598. The first-order valence-electron chi connectivity index (χ1n) is 6.65. The summed E-state index contributed by atoms with van der Waals surface area (Å²) in [5.74, 6) is 0.136. The van der Waals surface area contributed by atoms with Crippen molar-refractivity contribution in [3.05, 3.63) is 24.1 Å². The Morgan fingerprint density at radius 3 is 3.11 bits per heavy atom. The van der Waals surface area contributed by atoms with Crippen LogP contribution in [0, 0.1) is 5.92 Å². The van der Waals surface area contributed by atoms with Crippen molar-refractivity contribution in [3.8, 4) is 0 Å². The number of hydrogen-bond acceptors (Lipinski definition) is 3. The molecule has 3 rings (SSSR count). The number of nitrogens with zero attached hydrogens (tertiary/aromatic N) is 1. The normalized spacial score (nSPS) is 23.1. The number of hydrogen-bond donors (Lipinski definition) is 2. The van der Waals surface area contributed by atoms with Crippen LogP contribution in [0.15, 0.2) is 22.8 Å². The van der Waals surface area contributed by atoms with E-state index in [1.165, 1.54) is 0 Å². The zero-order chi connectivity index (χ0) is 13.4. The summed E-state index contributed by atoms with van der Waals surface area (Å²) in [7, 11) is 1.77. The van der Waals surface area contributed by atoms with E-state index in [1.807, 2.05) is 0 Å². The van der Waals surface area contributed by atoms with Gasteiger partial charge in [-0.25, -0.2) is 0 Å². The Morgan fingerprint density at radius 1 is 1.58 bits per heavy atom. The summed E-state index contributed by atoms with van der Waals surface area (Å²) >= 11 is 0. The highest BCUT2D eigenvalue weighted by Crippen LogP contribution is 2.26. The number of H-pyrrole nitrogens is 1. The Kier molecular flexibility index (Phi) is 3.06. The minimum absolute atomic E-state index is 0.0644. The standard InChI is InChI=1S/C14H18N2O3/c1-16(8-9-3-2-4-12(9)17)14(18)11-7-13-10(15-11)5-6-19-13/h5-7,9,12,15,17H,2-4,8H2,1H3. The Morgan fingerprint density at radius 2 is 2.42 bits per heavy atom. The molecule has 1 aliphatic carbocycles. The fraction of sp³-hybridized carbons (Fsp3) is 0.500. The zero-order valence-electron chi connectivity index (χ0n) is 10.9. The van der Waals surface area contributed by atoms with Gasteiger partial charge in [0.25, 0.3) is 5.91 Å². The molecule has 0 aliphatic heterocycles. The number of aliphatic hydroxyl groups is 1. The number of aliphatic hydroxyl groups excluding tert-OH is 1. The van der Waals surface area contributed by atoms with Gasteiger partial charge >= 0.3 is 0 Å². The van der Waals surface area contributed by atoms with Gasteiger partial charge in [-0.3, -0.25) is 4.79 Å². The lowest BCUT2D eigenvalue weighted by Gasteiger charge is -2.22. The van der Waals surface area contributed by atoms with Crippen molar-refractivity contribution >= 4 is 17.0 Å². The van der Waals surface area contributed by atoms with Gasteiger partial charge in [-0.2, -0.15) is 0 Å². The second-order valence-corrected chi connectivity index (χ2v) is 5.33. The van der Waals surface area contributed by atoms with Gasteiger partial charge in [0.1, 0.15) is 5.69 Å². The van der Waals surface area contributed by atoms with E-state index in [0.717, 1.165) is 24.8 Å². The lowest BCUT2D eigenvalue weighted by Crippen LogP contribution is -2.34. The summed E-state index contributed by atoms with van der Waals surface area (Å²) in [4.78, 5) is 17.0. The molecule has 0 bridgehead atoms. The molecule has 102 valence electrons. The van der Waals surface area contributed by atoms with E-state index >= 15 is 0 Å². The average molecular weight is 262 g/mol. The maximum Gasteiger partial charge on any atom is 0.270 e. The molecule has 2 atom stereocenters. The van der Waals surface area contributed by atoms with Gasteiger partial charge in [-0.05, 0) is 12.8 Å². The lowest BCUT2D eigenvalue weighted by atomic mass is 10.1. The summed E-state index contributed by atoms with van der Waals surface area (Å²) in [6, 6.07) is 3.52. The molecular weight excluding hydrogens is 244 g/mol. The Labute approximate surface area is 111 Å². The van der Waals surface area contributed by atoms with Crippen LogP contribution in [-0.2, 0) is 0 Å². The van der Waals surface area contributed by atoms with E-state index in [0.29, 0.717) is 17.8 Å². The van der Waals surface area contributed by atoms with E-state index in [-0.39, 0.29) is 17.9 Å². The molecule has 5 heteroatoms. The molecule has 2 aromatic rings. The second kappa shape index (κ2) is 4.74. The van der Waals surface area contributed by atoms with Gasteiger partial charge < -0.3 is 19.4 Å². The van der Waals surface area contributed by atoms with E-state index in [4.69, 9.17) is 4.42 Å². The first-order valence-corrected chi connectivity index (χ1v) is 6.65. The molecule has 0 radical (unpaired) electrons. The molecule has 0 aromatic carbocycles. The van der Waals surface area contributed by atoms with Crippen molar-refractivity contribution in [1.82, 2.24) is 9.88 Å². The van der Waals surface area contributed by atoms with Crippen LogP contribution in [0.2, 0.25) is 0 Å². The Bertz CT molecular complexity index is 558. The van der Waals surface area contributed by atoms with Crippen molar-refractivity contribution in [1.29, 1.82) is 0 Å². The fourth-order valence-corrected chi connectivity index (χ4v) is 2.83. The van der Waals surface area contributed by atoms with Gasteiger partial charge in [0.2, 0.25) is 0 Å². The molecule has 1 amide bonds. The molecule has 1 aliphatic rings. The minimum atomic E-state index is -0.268. The number of aromatic amines is 1. The number of carbonyl (C=O) groups is 1. The topological polar surface area (TPSA) is 69.5 Å². The van der Waals surface area contributed by atoms with E-state index < -0.39 is 0 Å². The van der Waals surface area contributed by atoms with Crippen LogP contribution in [0.25, 0.3) is 11.1 Å². The third kappa shape index (κ3) is 2.26. The molecule has 2 unspecified atom stereocenters. The van der Waals surface area contributed by atoms with Crippen molar-refractivity contribution in [2.75, 3.05) is 13.6 Å². The van der Waals surface area contributed by atoms with Gasteiger partial charge in [-0.15, -0.1) is 0 Å². The maximum atomic E-state index is 12.3. The highest BCUT2D eigenvalue weighted by Gasteiger charge is 2.28. The predicted molar refractivity (Wildman–Crippen MR) is 70.9 cm³/mol.